The van der Waals surface area contributed by atoms with Gasteiger partial charge in [-0.1, -0.05) is 52.4 Å². The van der Waals surface area contributed by atoms with E-state index in [0.717, 1.165) is 19.3 Å². The van der Waals surface area contributed by atoms with E-state index < -0.39 is 18.3 Å². The molecule has 4 heteroatoms. The molecule has 0 saturated carbocycles. The Labute approximate surface area is 116 Å². The number of ether oxygens (including phenoxy) is 1. The molecule has 1 aliphatic heterocycles. The van der Waals surface area contributed by atoms with E-state index in [1.54, 1.807) is 0 Å². The van der Waals surface area contributed by atoms with Crippen LogP contribution < -0.4 is 0 Å². The molecular weight excluding hydrogens is 244 g/mol. The Bertz CT molecular complexity index is 234. The van der Waals surface area contributed by atoms with E-state index in [9.17, 15) is 15.3 Å². The first-order valence-electron chi connectivity index (χ1n) is 7.77. The Kier molecular flexibility index (Phi) is 7.91. The van der Waals surface area contributed by atoms with Gasteiger partial charge in [-0.05, 0) is 12.3 Å². The second-order valence-electron chi connectivity index (χ2n) is 5.72. The normalized spacial score (nSPS) is 33.3. The van der Waals surface area contributed by atoms with Crippen molar-refractivity contribution in [2.75, 3.05) is 6.61 Å². The minimum absolute atomic E-state index is 0.120. The van der Waals surface area contributed by atoms with Crippen molar-refractivity contribution in [3.8, 4) is 0 Å². The first-order chi connectivity index (χ1) is 9.11. The minimum Gasteiger partial charge on any atom is -0.388 e. The zero-order chi connectivity index (χ0) is 14.3. The van der Waals surface area contributed by atoms with Crippen LogP contribution in [0.5, 0.6) is 0 Å². The molecule has 0 aromatic heterocycles. The molecule has 0 aromatic rings. The van der Waals surface area contributed by atoms with Gasteiger partial charge in [-0.3, -0.25) is 0 Å². The fourth-order valence-corrected chi connectivity index (χ4v) is 2.85. The van der Waals surface area contributed by atoms with Crippen molar-refractivity contribution in [3.05, 3.63) is 0 Å². The van der Waals surface area contributed by atoms with Gasteiger partial charge in [0.2, 0.25) is 0 Å². The lowest BCUT2D eigenvalue weighted by Crippen LogP contribution is -2.55. The van der Waals surface area contributed by atoms with Crippen molar-refractivity contribution < 1.29 is 20.1 Å². The van der Waals surface area contributed by atoms with Crippen molar-refractivity contribution in [1.82, 2.24) is 0 Å². The van der Waals surface area contributed by atoms with Gasteiger partial charge >= 0.3 is 0 Å². The molecule has 114 valence electrons. The largest absolute Gasteiger partial charge is 0.388 e. The molecular formula is C15H30O4. The van der Waals surface area contributed by atoms with Gasteiger partial charge in [-0.25, -0.2) is 0 Å². The number of rotatable bonds is 8. The molecule has 0 bridgehead atoms. The molecule has 1 aliphatic rings. The van der Waals surface area contributed by atoms with Crippen LogP contribution in [-0.4, -0.2) is 46.3 Å². The summed E-state index contributed by atoms with van der Waals surface area (Å²) in [6.07, 6.45) is 4.75. The monoisotopic (exact) mass is 274 g/mol. The first-order valence-corrected chi connectivity index (χ1v) is 7.77. The Hall–Kier alpha value is -0.160. The lowest BCUT2D eigenvalue weighted by atomic mass is 9.85. The predicted octanol–water partition coefficient (Wildman–Crippen LogP) is 1.85. The van der Waals surface area contributed by atoms with Gasteiger partial charge in [0.05, 0.1) is 12.7 Å². The maximum absolute atomic E-state index is 10.0. The summed E-state index contributed by atoms with van der Waals surface area (Å²) in [4.78, 5) is 0. The zero-order valence-corrected chi connectivity index (χ0v) is 12.3. The predicted molar refractivity (Wildman–Crippen MR) is 74.9 cm³/mol. The fourth-order valence-electron chi connectivity index (χ4n) is 2.85. The van der Waals surface area contributed by atoms with Gasteiger partial charge in [0.25, 0.3) is 0 Å². The third kappa shape index (κ3) is 5.03. The SMILES string of the molecule is CCCCCCCC(CC)[C@@H]1OC[C@@H](O)[C@H](O)[C@H]1O. The molecule has 0 aliphatic carbocycles. The molecule has 19 heavy (non-hydrogen) atoms. The zero-order valence-electron chi connectivity index (χ0n) is 12.3. The lowest BCUT2D eigenvalue weighted by molar-refractivity contribution is -0.201. The molecule has 1 fully saturated rings. The van der Waals surface area contributed by atoms with Crippen LogP contribution in [0.2, 0.25) is 0 Å². The summed E-state index contributed by atoms with van der Waals surface area (Å²) in [5.41, 5.74) is 0. The summed E-state index contributed by atoms with van der Waals surface area (Å²) in [6.45, 7) is 4.41. The fraction of sp³-hybridized carbons (Fsp3) is 1.00. The van der Waals surface area contributed by atoms with Crippen LogP contribution in [-0.2, 0) is 4.74 Å². The minimum atomic E-state index is -1.08. The summed E-state index contributed by atoms with van der Waals surface area (Å²) in [5.74, 6) is 0.263. The first kappa shape index (κ1) is 16.9. The molecule has 4 nitrogen and oxygen atoms in total. The van der Waals surface area contributed by atoms with Crippen LogP contribution in [0, 0.1) is 5.92 Å². The van der Waals surface area contributed by atoms with E-state index >= 15 is 0 Å². The highest BCUT2D eigenvalue weighted by Gasteiger charge is 2.40. The summed E-state index contributed by atoms with van der Waals surface area (Å²) in [6, 6.07) is 0. The quantitative estimate of drug-likeness (QED) is 0.591. The van der Waals surface area contributed by atoms with E-state index in [1.165, 1.54) is 25.7 Å². The van der Waals surface area contributed by atoms with Gasteiger partial charge in [0.15, 0.2) is 0 Å². The van der Waals surface area contributed by atoms with Crippen LogP contribution in [0.1, 0.15) is 58.8 Å². The highest BCUT2D eigenvalue weighted by molar-refractivity contribution is 4.89. The molecule has 0 amide bonds. The number of unbranched alkanes of at least 4 members (excludes halogenated alkanes) is 4. The maximum atomic E-state index is 10.0. The Morgan fingerprint density at radius 1 is 1.00 bits per heavy atom. The van der Waals surface area contributed by atoms with Crippen LogP contribution in [0.15, 0.2) is 0 Å². The van der Waals surface area contributed by atoms with Gasteiger partial charge in [0.1, 0.15) is 18.3 Å². The van der Waals surface area contributed by atoms with Crippen molar-refractivity contribution in [3.63, 3.8) is 0 Å². The lowest BCUT2D eigenvalue weighted by Gasteiger charge is -2.39. The molecule has 3 N–H and O–H groups in total. The average molecular weight is 274 g/mol. The van der Waals surface area contributed by atoms with Gasteiger partial charge in [-0.15, -0.1) is 0 Å². The molecule has 1 unspecified atom stereocenters. The van der Waals surface area contributed by atoms with Crippen LogP contribution in [0.3, 0.4) is 0 Å². The Balaban J connectivity index is 2.37. The number of hydrogen-bond donors (Lipinski definition) is 3. The molecule has 1 saturated heterocycles. The second kappa shape index (κ2) is 8.90. The van der Waals surface area contributed by atoms with Crippen molar-refractivity contribution in [2.24, 2.45) is 5.92 Å². The van der Waals surface area contributed by atoms with Gasteiger partial charge in [0, 0.05) is 0 Å². The molecule has 0 aromatic carbocycles. The molecule has 5 atom stereocenters. The van der Waals surface area contributed by atoms with E-state index in [2.05, 4.69) is 13.8 Å². The standard InChI is InChI=1S/C15H30O4/c1-3-5-6-7-8-9-11(4-2)15-14(18)13(17)12(16)10-19-15/h11-18H,3-10H2,1-2H3/t11?,12-,13+,14-,15+/m1/s1. The van der Waals surface area contributed by atoms with E-state index in [-0.39, 0.29) is 18.6 Å². The molecule has 0 radical (unpaired) electrons. The number of hydrogen-bond acceptors (Lipinski definition) is 4. The van der Waals surface area contributed by atoms with Gasteiger partial charge < -0.3 is 20.1 Å². The average Bonchev–Trinajstić information content (AvgIpc) is 2.41. The molecule has 1 rings (SSSR count). The smallest absolute Gasteiger partial charge is 0.111 e. The van der Waals surface area contributed by atoms with Crippen molar-refractivity contribution in [1.29, 1.82) is 0 Å². The Morgan fingerprint density at radius 2 is 1.68 bits per heavy atom. The highest BCUT2D eigenvalue weighted by atomic mass is 16.5. The topological polar surface area (TPSA) is 69.9 Å². The summed E-state index contributed by atoms with van der Waals surface area (Å²) in [7, 11) is 0. The van der Waals surface area contributed by atoms with Crippen molar-refractivity contribution >= 4 is 0 Å². The molecule has 1 heterocycles. The summed E-state index contributed by atoms with van der Waals surface area (Å²) in [5, 5.41) is 29.2. The third-order valence-corrected chi connectivity index (χ3v) is 4.21. The number of aliphatic hydroxyl groups excluding tert-OH is 3. The van der Waals surface area contributed by atoms with Crippen LogP contribution >= 0.6 is 0 Å². The van der Waals surface area contributed by atoms with Crippen molar-refractivity contribution in [2.45, 2.75) is 83.2 Å². The van der Waals surface area contributed by atoms with Crippen LogP contribution in [0.25, 0.3) is 0 Å². The second-order valence-corrected chi connectivity index (χ2v) is 5.72. The van der Waals surface area contributed by atoms with E-state index in [1.807, 2.05) is 0 Å². The van der Waals surface area contributed by atoms with E-state index in [0.29, 0.717) is 0 Å². The Morgan fingerprint density at radius 3 is 2.32 bits per heavy atom. The summed E-state index contributed by atoms with van der Waals surface area (Å²) < 4.78 is 5.54. The summed E-state index contributed by atoms with van der Waals surface area (Å²) >= 11 is 0. The van der Waals surface area contributed by atoms with E-state index in [4.69, 9.17) is 4.74 Å². The van der Waals surface area contributed by atoms with Crippen LogP contribution in [0.4, 0.5) is 0 Å². The number of aliphatic hydroxyl groups is 3. The third-order valence-electron chi connectivity index (χ3n) is 4.21. The van der Waals surface area contributed by atoms with Gasteiger partial charge in [-0.2, -0.15) is 0 Å². The molecule has 0 spiro atoms. The maximum Gasteiger partial charge on any atom is 0.111 e. The highest BCUT2D eigenvalue weighted by Crippen LogP contribution is 2.27.